The minimum Gasteiger partial charge on any atom is -0.357 e. The number of benzene rings is 1. The van der Waals surface area contributed by atoms with Crippen LogP contribution in [0.1, 0.15) is 34.8 Å². The molecule has 1 aromatic heterocycles. The van der Waals surface area contributed by atoms with Gasteiger partial charge in [-0.15, -0.1) is 0 Å². The Hall–Kier alpha value is -2.11. The lowest BCUT2D eigenvalue weighted by Gasteiger charge is -2.36. The second kappa shape index (κ2) is 6.79. The normalized spacial score (nSPS) is 25.1. The lowest BCUT2D eigenvalue weighted by molar-refractivity contribution is 0.0665. The third-order valence-corrected chi connectivity index (χ3v) is 5.41. The van der Waals surface area contributed by atoms with Gasteiger partial charge in [-0.05, 0) is 36.5 Å². The van der Waals surface area contributed by atoms with Gasteiger partial charge < -0.3 is 9.88 Å². The predicted molar refractivity (Wildman–Crippen MR) is 93.5 cm³/mol. The summed E-state index contributed by atoms with van der Waals surface area (Å²) >= 11 is 0. The summed E-state index contributed by atoms with van der Waals surface area (Å²) in [5.41, 5.74) is 8.91. The molecule has 0 spiro atoms. The number of likely N-dealkylation sites (tertiary alicyclic amines) is 1. The van der Waals surface area contributed by atoms with Crippen LogP contribution in [0.4, 0.5) is 0 Å². The highest BCUT2D eigenvalue weighted by Gasteiger charge is 2.36. The van der Waals surface area contributed by atoms with E-state index >= 15 is 0 Å². The van der Waals surface area contributed by atoms with Crippen LogP contribution < -0.4 is 10.9 Å². The number of nitrogens with zero attached hydrogens (tertiary/aromatic N) is 1. The molecular weight excluding hydrogens is 300 g/mol. The molecule has 2 aliphatic rings. The van der Waals surface area contributed by atoms with Gasteiger partial charge in [0.25, 0.3) is 5.91 Å². The van der Waals surface area contributed by atoms with Crippen LogP contribution in [-0.2, 0) is 0 Å². The first kappa shape index (κ1) is 15.4. The number of hydrazine groups is 1. The van der Waals surface area contributed by atoms with Crippen LogP contribution in [0.25, 0.3) is 0 Å². The molecule has 1 aromatic carbocycles. The largest absolute Gasteiger partial charge is 0.357 e. The van der Waals surface area contributed by atoms with Crippen molar-refractivity contribution in [2.75, 3.05) is 19.6 Å². The molecule has 4 rings (SSSR count). The fraction of sp³-hybridized carbons (Fsp3) is 0.421. The van der Waals surface area contributed by atoms with Gasteiger partial charge in [-0.3, -0.25) is 15.6 Å². The predicted octanol–water partition coefficient (Wildman–Crippen LogP) is 2.13. The molecule has 2 aromatic rings. The van der Waals surface area contributed by atoms with Crippen molar-refractivity contribution in [3.8, 4) is 0 Å². The zero-order valence-electron chi connectivity index (χ0n) is 13.7. The zero-order chi connectivity index (χ0) is 16.4. The third kappa shape index (κ3) is 2.97. The van der Waals surface area contributed by atoms with Gasteiger partial charge in [0.05, 0.1) is 0 Å². The Balaban J connectivity index is 1.39. The van der Waals surface area contributed by atoms with Crippen molar-refractivity contribution >= 4 is 5.91 Å². The molecule has 2 saturated heterocycles. The highest BCUT2D eigenvalue weighted by atomic mass is 16.2. The van der Waals surface area contributed by atoms with E-state index in [1.54, 1.807) is 6.20 Å². The van der Waals surface area contributed by atoms with Crippen LogP contribution in [0.3, 0.4) is 0 Å². The van der Waals surface area contributed by atoms with Crippen molar-refractivity contribution in [3.05, 3.63) is 59.9 Å². The van der Waals surface area contributed by atoms with Crippen LogP contribution in [0.2, 0.25) is 0 Å². The molecule has 2 aliphatic heterocycles. The quantitative estimate of drug-likeness (QED) is 0.810. The third-order valence-electron chi connectivity index (χ3n) is 5.41. The summed E-state index contributed by atoms with van der Waals surface area (Å²) < 4.78 is 0. The van der Waals surface area contributed by atoms with Gasteiger partial charge in [-0.25, -0.2) is 0 Å². The number of aromatic nitrogens is 1. The molecule has 5 heteroatoms. The Bertz CT molecular complexity index is 662. The van der Waals surface area contributed by atoms with E-state index < -0.39 is 0 Å². The van der Waals surface area contributed by atoms with Crippen LogP contribution in [0, 0.1) is 5.92 Å². The maximum atomic E-state index is 12.4. The van der Waals surface area contributed by atoms with E-state index in [0.29, 0.717) is 23.6 Å². The van der Waals surface area contributed by atoms with E-state index in [1.807, 2.05) is 17.0 Å². The van der Waals surface area contributed by atoms with E-state index in [0.717, 1.165) is 32.5 Å². The summed E-state index contributed by atoms with van der Waals surface area (Å²) in [7, 11) is 0. The van der Waals surface area contributed by atoms with Crippen molar-refractivity contribution < 1.29 is 4.79 Å². The number of carbonyl (C=O) groups is 1. The molecule has 126 valence electrons. The van der Waals surface area contributed by atoms with Crippen molar-refractivity contribution in [1.82, 2.24) is 20.7 Å². The first-order valence-electron chi connectivity index (χ1n) is 8.79. The highest BCUT2D eigenvalue weighted by molar-refractivity contribution is 5.92. The summed E-state index contributed by atoms with van der Waals surface area (Å²) in [5.74, 6) is 1.22. The second-order valence-electron chi connectivity index (χ2n) is 6.78. The fourth-order valence-electron chi connectivity index (χ4n) is 4.08. The molecule has 24 heavy (non-hydrogen) atoms. The number of piperidine rings is 1. The molecule has 1 amide bonds. The maximum Gasteiger partial charge on any atom is 0.270 e. The topological polar surface area (TPSA) is 60.2 Å². The summed E-state index contributed by atoms with van der Waals surface area (Å²) in [6, 6.07) is 14.9. The smallest absolute Gasteiger partial charge is 0.270 e. The van der Waals surface area contributed by atoms with Gasteiger partial charge in [0, 0.05) is 37.8 Å². The molecular formula is C19H24N4O. The zero-order valence-corrected chi connectivity index (χ0v) is 13.7. The summed E-state index contributed by atoms with van der Waals surface area (Å²) in [6.45, 7) is 2.64. The van der Waals surface area contributed by atoms with Crippen LogP contribution in [-0.4, -0.2) is 41.5 Å². The average Bonchev–Trinajstić information content (AvgIpc) is 3.34. The molecule has 0 saturated carbocycles. The summed E-state index contributed by atoms with van der Waals surface area (Å²) in [5, 5.41) is 0. The summed E-state index contributed by atoms with van der Waals surface area (Å²) in [6.07, 6.45) is 3.91. The number of H-pyrrole nitrogens is 1. The van der Waals surface area contributed by atoms with Gasteiger partial charge in [-0.1, -0.05) is 30.3 Å². The number of rotatable bonds is 3. The Morgan fingerprint density at radius 3 is 2.54 bits per heavy atom. The Kier molecular flexibility index (Phi) is 4.36. The van der Waals surface area contributed by atoms with E-state index in [2.05, 4.69) is 46.2 Å². The SMILES string of the molecule is O=C(c1ccc[nH]1)N1CCC(C2NNCC2c2ccccc2)CC1. The fourth-order valence-corrected chi connectivity index (χ4v) is 4.08. The van der Waals surface area contributed by atoms with E-state index in [4.69, 9.17) is 0 Å². The number of nitrogens with one attached hydrogen (secondary N) is 3. The van der Waals surface area contributed by atoms with E-state index in [1.165, 1.54) is 5.56 Å². The van der Waals surface area contributed by atoms with Gasteiger partial charge in [0.15, 0.2) is 0 Å². The Morgan fingerprint density at radius 1 is 1.04 bits per heavy atom. The molecule has 2 unspecified atom stereocenters. The Labute approximate surface area is 142 Å². The number of hydrogen-bond acceptors (Lipinski definition) is 3. The molecule has 2 fully saturated rings. The highest BCUT2D eigenvalue weighted by Crippen LogP contribution is 2.32. The number of amides is 1. The molecule has 5 nitrogen and oxygen atoms in total. The monoisotopic (exact) mass is 324 g/mol. The molecule has 0 aliphatic carbocycles. The second-order valence-corrected chi connectivity index (χ2v) is 6.78. The van der Waals surface area contributed by atoms with Gasteiger partial charge in [0.1, 0.15) is 5.69 Å². The minimum atomic E-state index is 0.121. The molecule has 3 N–H and O–H groups in total. The number of aromatic amines is 1. The first-order valence-corrected chi connectivity index (χ1v) is 8.79. The van der Waals surface area contributed by atoms with E-state index in [-0.39, 0.29) is 5.91 Å². The van der Waals surface area contributed by atoms with E-state index in [9.17, 15) is 4.79 Å². The van der Waals surface area contributed by atoms with Crippen LogP contribution in [0.5, 0.6) is 0 Å². The molecule has 2 atom stereocenters. The van der Waals surface area contributed by atoms with Crippen molar-refractivity contribution in [3.63, 3.8) is 0 Å². The maximum absolute atomic E-state index is 12.4. The molecule has 0 bridgehead atoms. The van der Waals surface area contributed by atoms with Gasteiger partial charge in [0.2, 0.25) is 0 Å². The van der Waals surface area contributed by atoms with Crippen molar-refractivity contribution in [2.24, 2.45) is 5.92 Å². The number of carbonyl (C=O) groups excluding carboxylic acids is 1. The lowest BCUT2D eigenvalue weighted by atomic mass is 9.80. The van der Waals surface area contributed by atoms with Crippen LogP contribution in [0.15, 0.2) is 48.7 Å². The van der Waals surface area contributed by atoms with Gasteiger partial charge in [-0.2, -0.15) is 0 Å². The van der Waals surface area contributed by atoms with Gasteiger partial charge >= 0.3 is 0 Å². The number of hydrogen-bond donors (Lipinski definition) is 3. The first-order chi connectivity index (χ1) is 11.8. The minimum absolute atomic E-state index is 0.121. The lowest BCUT2D eigenvalue weighted by Crippen LogP contribution is -2.45. The standard InChI is InChI=1S/C19H24N4O/c24-19(17-7-4-10-20-17)23-11-8-15(9-12-23)18-16(13-21-22-18)14-5-2-1-3-6-14/h1-7,10,15-16,18,20-22H,8-9,11-13H2. The van der Waals surface area contributed by atoms with Crippen molar-refractivity contribution in [1.29, 1.82) is 0 Å². The molecule has 0 radical (unpaired) electrons. The average molecular weight is 324 g/mol. The Morgan fingerprint density at radius 2 is 1.83 bits per heavy atom. The molecule has 3 heterocycles. The van der Waals surface area contributed by atoms with Crippen molar-refractivity contribution in [2.45, 2.75) is 24.8 Å². The summed E-state index contributed by atoms with van der Waals surface area (Å²) in [4.78, 5) is 17.4. The van der Waals surface area contributed by atoms with Crippen LogP contribution >= 0.6 is 0 Å².